The van der Waals surface area contributed by atoms with Crippen LogP contribution in [0, 0.1) is 0 Å². The summed E-state index contributed by atoms with van der Waals surface area (Å²) in [5.74, 6) is 0. The van der Waals surface area contributed by atoms with Gasteiger partial charge in [0.15, 0.2) is 0 Å². The van der Waals surface area contributed by atoms with Crippen LogP contribution in [0.5, 0.6) is 0 Å². The number of nitrogens with zero attached hydrogens (tertiary/aromatic N) is 1. The summed E-state index contributed by atoms with van der Waals surface area (Å²) in [5, 5.41) is 9.16. The molecule has 5 heteroatoms. The van der Waals surface area contributed by atoms with Gasteiger partial charge in [-0.3, -0.25) is 4.90 Å². The van der Waals surface area contributed by atoms with E-state index in [2.05, 4.69) is 0 Å². The summed E-state index contributed by atoms with van der Waals surface area (Å²) in [4.78, 5) is 1.46. The van der Waals surface area contributed by atoms with Gasteiger partial charge in [0.05, 0.1) is 12.6 Å². The molecule has 0 aliphatic heterocycles. The van der Waals surface area contributed by atoms with Crippen LogP contribution in [0.4, 0.5) is 13.2 Å². The highest BCUT2D eigenvalue weighted by Crippen LogP contribution is 2.32. The van der Waals surface area contributed by atoms with E-state index in [1.165, 1.54) is 4.90 Å². The zero-order chi connectivity index (χ0) is 11.6. The topological polar surface area (TPSA) is 23.5 Å². The standard InChI is InChI=1S/C10H18F3NO/c1-7(5-8(2)15)14(9-3-4-9)6-10(11,12)13/h7-9,15H,3-6H2,1-2H3. The van der Waals surface area contributed by atoms with Crippen LogP contribution >= 0.6 is 0 Å². The molecule has 2 nitrogen and oxygen atoms in total. The van der Waals surface area contributed by atoms with Crippen LogP contribution in [0.1, 0.15) is 33.1 Å². The molecule has 1 fully saturated rings. The van der Waals surface area contributed by atoms with Gasteiger partial charge < -0.3 is 5.11 Å². The highest BCUT2D eigenvalue weighted by atomic mass is 19.4. The van der Waals surface area contributed by atoms with Crippen LogP contribution in [-0.4, -0.2) is 40.9 Å². The van der Waals surface area contributed by atoms with Gasteiger partial charge >= 0.3 is 6.18 Å². The Morgan fingerprint density at radius 1 is 1.33 bits per heavy atom. The SMILES string of the molecule is CC(O)CC(C)N(CC(F)(F)F)C1CC1. The van der Waals surface area contributed by atoms with Crippen LogP contribution in [0.3, 0.4) is 0 Å². The summed E-state index contributed by atoms with van der Waals surface area (Å²) < 4.78 is 36.9. The van der Waals surface area contributed by atoms with Gasteiger partial charge in [-0.15, -0.1) is 0 Å². The molecule has 90 valence electrons. The van der Waals surface area contributed by atoms with Crippen molar-refractivity contribution in [3.05, 3.63) is 0 Å². The molecule has 0 spiro atoms. The number of aliphatic hydroxyl groups is 1. The fraction of sp³-hybridized carbons (Fsp3) is 1.00. The van der Waals surface area contributed by atoms with Crippen molar-refractivity contribution in [2.45, 2.75) is 57.5 Å². The molecule has 1 saturated carbocycles. The number of hydrogen-bond donors (Lipinski definition) is 1. The Balaban J connectivity index is 2.49. The number of aliphatic hydroxyl groups excluding tert-OH is 1. The average molecular weight is 225 g/mol. The molecular weight excluding hydrogens is 207 g/mol. The molecule has 2 unspecified atom stereocenters. The predicted octanol–water partition coefficient (Wildman–Crippen LogP) is 2.17. The number of hydrogen-bond acceptors (Lipinski definition) is 2. The van der Waals surface area contributed by atoms with Crippen LogP contribution in [0.15, 0.2) is 0 Å². The zero-order valence-corrected chi connectivity index (χ0v) is 9.09. The van der Waals surface area contributed by atoms with E-state index in [4.69, 9.17) is 5.11 Å². The predicted molar refractivity (Wildman–Crippen MR) is 51.5 cm³/mol. The third kappa shape index (κ3) is 4.84. The first kappa shape index (κ1) is 12.8. The van der Waals surface area contributed by atoms with Crippen LogP contribution in [-0.2, 0) is 0 Å². The Bertz CT molecular complexity index is 201. The van der Waals surface area contributed by atoms with Crippen molar-refractivity contribution in [3.8, 4) is 0 Å². The van der Waals surface area contributed by atoms with Gasteiger partial charge in [0.25, 0.3) is 0 Å². The van der Waals surface area contributed by atoms with Gasteiger partial charge in [-0.2, -0.15) is 13.2 Å². The quantitative estimate of drug-likeness (QED) is 0.775. The summed E-state index contributed by atoms with van der Waals surface area (Å²) >= 11 is 0. The largest absolute Gasteiger partial charge is 0.401 e. The highest BCUT2D eigenvalue weighted by molar-refractivity contribution is 4.89. The lowest BCUT2D eigenvalue weighted by Crippen LogP contribution is -2.43. The molecule has 1 N–H and O–H groups in total. The minimum atomic E-state index is -4.14. The summed E-state index contributed by atoms with van der Waals surface area (Å²) in [6.07, 6.45) is -2.60. The van der Waals surface area contributed by atoms with Crippen molar-refractivity contribution in [2.24, 2.45) is 0 Å². The van der Waals surface area contributed by atoms with Crippen molar-refractivity contribution < 1.29 is 18.3 Å². The molecule has 1 aliphatic carbocycles. The summed E-state index contributed by atoms with van der Waals surface area (Å²) in [6, 6.07) is -0.139. The van der Waals surface area contributed by atoms with E-state index in [0.717, 1.165) is 12.8 Å². The van der Waals surface area contributed by atoms with Gasteiger partial charge in [-0.1, -0.05) is 0 Å². The summed E-state index contributed by atoms with van der Waals surface area (Å²) in [6.45, 7) is 2.50. The lowest BCUT2D eigenvalue weighted by Gasteiger charge is -2.30. The third-order valence-corrected chi connectivity index (χ3v) is 2.63. The Morgan fingerprint density at radius 2 is 1.87 bits per heavy atom. The van der Waals surface area contributed by atoms with E-state index in [-0.39, 0.29) is 12.1 Å². The molecule has 1 rings (SSSR count). The van der Waals surface area contributed by atoms with Crippen molar-refractivity contribution in [1.82, 2.24) is 4.90 Å². The van der Waals surface area contributed by atoms with E-state index < -0.39 is 18.8 Å². The van der Waals surface area contributed by atoms with Crippen LogP contribution < -0.4 is 0 Å². The molecular formula is C10H18F3NO. The smallest absolute Gasteiger partial charge is 0.393 e. The molecule has 0 saturated heterocycles. The number of rotatable bonds is 5. The monoisotopic (exact) mass is 225 g/mol. The Kier molecular flexibility index (Phi) is 4.00. The maximum absolute atomic E-state index is 12.3. The first-order valence-corrected chi connectivity index (χ1v) is 5.30. The molecule has 0 aromatic carbocycles. The van der Waals surface area contributed by atoms with E-state index in [1.54, 1.807) is 13.8 Å². The van der Waals surface area contributed by atoms with Crippen molar-refractivity contribution in [1.29, 1.82) is 0 Å². The van der Waals surface area contributed by atoms with Gasteiger partial charge in [0.1, 0.15) is 0 Å². The Morgan fingerprint density at radius 3 is 2.20 bits per heavy atom. The summed E-state index contributed by atoms with van der Waals surface area (Å²) in [7, 11) is 0. The lowest BCUT2D eigenvalue weighted by molar-refractivity contribution is -0.152. The summed E-state index contributed by atoms with van der Waals surface area (Å²) in [5.41, 5.74) is 0. The third-order valence-electron chi connectivity index (χ3n) is 2.63. The van der Waals surface area contributed by atoms with Gasteiger partial charge in [0, 0.05) is 12.1 Å². The number of alkyl halides is 3. The van der Waals surface area contributed by atoms with Gasteiger partial charge in [-0.05, 0) is 33.1 Å². The van der Waals surface area contributed by atoms with E-state index in [9.17, 15) is 13.2 Å². The minimum Gasteiger partial charge on any atom is -0.393 e. The normalized spacial score (nSPS) is 21.8. The van der Waals surface area contributed by atoms with Crippen molar-refractivity contribution in [3.63, 3.8) is 0 Å². The Hall–Kier alpha value is -0.290. The Labute approximate surface area is 88.1 Å². The first-order chi connectivity index (χ1) is 6.79. The highest BCUT2D eigenvalue weighted by Gasteiger charge is 2.40. The fourth-order valence-corrected chi connectivity index (χ4v) is 1.89. The average Bonchev–Trinajstić information content (AvgIpc) is 2.78. The second-order valence-corrected chi connectivity index (χ2v) is 4.45. The molecule has 0 aromatic heterocycles. The number of halogens is 3. The molecule has 1 aliphatic rings. The molecule has 0 aromatic rings. The first-order valence-electron chi connectivity index (χ1n) is 5.30. The maximum atomic E-state index is 12.3. The maximum Gasteiger partial charge on any atom is 0.401 e. The zero-order valence-electron chi connectivity index (χ0n) is 9.09. The van der Waals surface area contributed by atoms with Gasteiger partial charge in [-0.25, -0.2) is 0 Å². The molecule has 0 radical (unpaired) electrons. The second-order valence-electron chi connectivity index (χ2n) is 4.45. The van der Waals surface area contributed by atoms with Gasteiger partial charge in [0.2, 0.25) is 0 Å². The van der Waals surface area contributed by atoms with Crippen molar-refractivity contribution >= 4 is 0 Å². The van der Waals surface area contributed by atoms with E-state index in [1.807, 2.05) is 0 Å². The van der Waals surface area contributed by atoms with Crippen molar-refractivity contribution in [2.75, 3.05) is 6.54 Å². The van der Waals surface area contributed by atoms with Crippen LogP contribution in [0.2, 0.25) is 0 Å². The van der Waals surface area contributed by atoms with E-state index in [0.29, 0.717) is 6.42 Å². The van der Waals surface area contributed by atoms with Crippen LogP contribution in [0.25, 0.3) is 0 Å². The lowest BCUT2D eigenvalue weighted by atomic mass is 10.1. The molecule has 0 amide bonds. The second kappa shape index (κ2) is 4.70. The fourth-order valence-electron chi connectivity index (χ4n) is 1.89. The minimum absolute atomic E-state index is 0.0698. The molecule has 2 atom stereocenters. The molecule has 0 bridgehead atoms. The molecule has 15 heavy (non-hydrogen) atoms. The van der Waals surface area contributed by atoms with E-state index >= 15 is 0 Å². The molecule has 0 heterocycles.